The third-order valence-electron chi connectivity index (χ3n) is 6.97. The van der Waals surface area contributed by atoms with Crippen molar-refractivity contribution in [1.82, 2.24) is 4.57 Å². The van der Waals surface area contributed by atoms with E-state index in [-0.39, 0.29) is 11.5 Å². The van der Waals surface area contributed by atoms with Gasteiger partial charge in [-0.2, -0.15) is 0 Å². The second kappa shape index (κ2) is 11.7. The van der Waals surface area contributed by atoms with Crippen molar-refractivity contribution in [2.24, 2.45) is 4.99 Å². The molecule has 6 rings (SSSR count). The Kier molecular flexibility index (Phi) is 7.67. The first-order chi connectivity index (χ1) is 20.8. The summed E-state index contributed by atoms with van der Waals surface area (Å²) >= 11 is 7.40. The molecular formula is C33H24ClN3O5S. The summed E-state index contributed by atoms with van der Waals surface area (Å²) in [7, 11) is 1.30. The average Bonchev–Trinajstić information content (AvgIpc) is 3.60. The molecule has 3 aromatic carbocycles. The molecule has 0 radical (unpaired) electrons. The summed E-state index contributed by atoms with van der Waals surface area (Å²) in [6, 6.07) is 26.0. The first-order valence-electron chi connectivity index (χ1n) is 13.3. The van der Waals surface area contributed by atoms with Gasteiger partial charge in [0.05, 0.1) is 34.5 Å². The number of esters is 1. The minimum Gasteiger partial charge on any atom is -0.465 e. The van der Waals surface area contributed by atoms with Gasteiger partial charge in [-0.15, -0.1) is 0 Å². The van der Waals surface area contributed by atoms with Crippen LogP contribution in [0.3, 0.4) is 0 Å². The number of para-hydroxylation sites is 1. The minimum atomic E-state index is -0.690. The number of carbonyl (C=O) groups is 2. The predicted molar refractivity (Wildman–Crippen MR) is 166 cm³/mol. The van der Waals surface area contributed by atoms with Crippen LogP contribution < -0.4 is 20.2 Å². The number of nitrogens with one attached hydrogen (secondary N) is 1. The maximum Gasteiger partial charge on any atom is 0.338 e. The number of halogens is 1. The highest BCUT2D eigenvalue weighted by Gasteiger charge is 2.32. The number of methoxy groups -OCH3 is 1. The van der Waals surface area contributed by atoms with Gasteiger partial charge in [0.15, 0.2) is 4.80 Å². The van der Waals surface area contributed by atoms with Gasteiger partial charge in [-0.05, 0) is 55.0 Å². The van der Waals surface area contributed by atoms with Gasteiger partial charge in [0, 0.05) is 22.3 Å². The average molecular weight is 610 g/mol. The number of carbonyl (C=O) groups excluding carboxylic acids is 2. The van der Waals surface area contributed by atoms with E-state index in [1.807, 2.05) is 48.5 Å². The van der Waals surface area contributed by atoms with Crippen LogP contribution in [0.25, 0.3) is 17.4 Å². The van der Waals surface area contributed by atoms with Crippen LogP contribution in [0.2, 0.25) is 5.02 Å². The number of benzene rings is 3. The fourth-order valence-electron chi connectivity index (χ4n) is 5.00. The molecule has 3 heterocycles. The van der Waals surface area contributed by atoms with Gasteiger partial charge >= 0.3 is 5.97 Å². The monoisotopic (exact) mass is 609 g/mol. The summed E-state index contributed by atoms with van der Waals surface area (Å²) < 4.78 is 12.9. The molecule has 0 unspecified atom stereocenters. The SMILES string of the molecule is COC(=O)c1ccc(Cl)cc1-c1ccc(/C=c2/sc3n(c2=O)[C@H](c2ccccc2)C(C(=O)Nc2ccccc2)=C(C)N=3)o1. The predicted octanol–water partition coefficient (Wildman–Crippen LogP) is 5.57. The van der Waals surface area contributed by atoms with Gasteiger partial charge in [-0.1, -0.05) is 71.5 Å². The van der Waals surface area contributed by atoms with E-state index >= 15 is 0 Å². The number of furan rings is 1. The molecule has 1 atom stereocenters. The first kappa shape index (κ1) is 28.1. The van der Waals surface area contributed by atoms with E-state index < -0.39 is 12.0 Å². The van der Waals surface area contributed by atoms with Crippen LogP contribution in [0.5, 0.6) is 0 Å². The normalized spacial score (nSPS) is 14.7. The van der Waals surface area contributed by atoms with Crippen molar-refractivity contribution in [3.63, 3.8) is 0 Å². The Morgan fingerprint density at radius 1 is 1.02 bits per heavy atom. The van der Waals surface area contributed by atoms with Gasteiger partial charge in [0.2, 0.25) is 0 Å². The number of allylic oxidation sites excluding steroid dienone is 1. The lowest BCUT2D eigenvalue weighted by molar-refractivity contribution is -0.113. The molecule has 1 aliphatic rings. The molecule has 43 heavy (non-hydrogen) atoms. The third-order valence-corrected chi connectivity index (χ3v) is 8.18. The van der Waals surface area contributed by atoms with Crippen LogP contribution in [0.1, 0.15) is 34.6 Å². The molecule has 0 saturated heterocycles. The number of ether oxygens (including phenoxy) is 1. The number of hydrogen-bond acceptors (Lipinski definition) is 7. The van der Waals surface area contributed by atoms with E-state index in [9.17, 15) is 14.4 Å². The van der Waals surface area contributed by atoms with Gasteiger partial charge in [-0.3, -0.25) is 14.2 Å². The largest absolute Gasteiger partial charge is 0.465 e. The minimum absolute atomic E-state index is 0.298. The fraction of sp³-hybridized carbons (Fsp3) is 0.0909. The van der Waals surface area contributed by atoms with Crippen molar-refractivity contribution < 1.29 is 18.7 Å². The lowest BCUT2D eigenvalue weighted by atomic mass is 9.95. The Hall–Kier alpha value is -4.99. The van der Waals surface area contributed by atoms with E-state index in [4.69, 9.17) is 20.8 Å². The fourth-order valence-corrected chi connectivity index (χ4v) is 6.19. The van der Waals surface area contributed by atoms with Crippen molar-refractivity contribution in [3.05, 3.63) is 144 Å². The molecule has 0 aliphatic carbocycles. The van der Waals surface area contributed by atoms with Gasteiger partial charge in [0.25, 0.3) is 11.5 Å². The van der Waals surface area contributed by atoms with Crippen LogP contribution in [0.15, 0.2) is 116 Å². The van der Waals surface area contributed by atoms with Crippen molar-refractivity contribution in [2.75, 3.05) is 12.4 Å². The van der Waals surface area contributed by atoms with Gasteiger partial charge in [0.1, 0.15) is 11.5 Å². The Morgan fingerprint density at radius 2 is 1.74 bits per heavy atom. The lowest BCUT2D eigenvalue weighted by Gasteiger charge is -2.25. The van der Waals surface area contributed by atoms with E-state index in [0.29, 0.717) is 54.0 Å². The highest BCUT2D eigenvalue weighted by atomic mass is 35.5. The maximum absolute atomic E-state index is 13.9. The van der Waals surface area contributed by atoms with Gasteiger partial charge in [-0.25, -0.2) is 9.79 Å². The number of amides is 1. The molecule has 0 spiro atoms. The van der Waals surface area contributed by atoms with Crippen molar-refractivity contribution >= 4 is 46.6 Å². The molecule has 10 heteroatoms. The third kappa shape index (κ3) is 5.48. The van der Waals surface area contributed by atoms with Crippen LogP contribution >= 0.6 is 22.9 Å². The second-order valence-corrected chi connectivity index (χ2v) is 11.1. The molecular weight excluding hydrogens is 586 g/mol. The molecule has 1 N–H and O–H groups in total. The number of aromatic nitrogens is 1. The Balaban J connectivity index is 1.44. The van der Waals surface area contributed by atoms with Crippen LogP contribution in [0.4, 0.5) is 5.69 Å². The van der Waals surface area contributed by atoms with Crippen molar-refractivity contribution in [2.45, 2.75) is 13.0 Å². The van der Waals surface area contributed by atoms with E-state index in [0.717, 1.165) is 5.56 Å². The summed E-state index contributed by atoms with van der Waals surface area (Å²) in [5.74, 6) is -0.0830. The number of fused-ring (bicyclic) bond motifs is 1. The van der Waals surface area contributed by atoms with Gasteiger partial charge < -0.3 is 14.5 Å². The number of anilines is 1. The lowest BCUT2D eigenvalue weighted by Crippen LogP contribution is -2.40. The number of nitrogens with zero attached hydrogens (tertiary/aromatic N) is 2. The number of thiazole rings is 1. The topological polar surface area (TPSA) is 103 Å². The molecule has 5 aromatic rings. The summed E-state index contributed by atoms with van der Waals surface area (Å²) in [6.07, 6.45) is 1.63. The summed E-state index contributed by atoms with van der Waals surface area (Å²) in [5.41, 5.74) is 2.77. The second-order valence-electron chi connectivity index (χ2n) is 9.70. The molecule has 0 bridgehead atoms. The molecule has 0 saturated carbocycles. The van der Waals surface area contributed by atoms with E-state index in [2.05, 4.69) is 10.3 Å². The summed E-state index contributed by atoms with van der Waals surface area (Å²) in [4.78, 5) is 45.0. The van der Waals surface area contributed by atoms with Crippen LogP contribution in [-0.2, 0) is 9.53 Å². The molecule has 0 fully saturated rings. The van der Waals surface area contributed by atoms with Crippen molar-refractivity contribution in [1.29, 1.82) is 0 Å². The molecule has 2 aromatic heterocycles. The quantitative estimate of drug-likeness (QED) is 0.253. The smallest absolute Gasteiger partial charge is 0.338 e. The standard InChI is InChI=1S/C33H24ClN3O5S/c1-19-28(30(38)36-22-11-7-4-8-12-22)29(20-9-5-3-6-10-20)37-31(39)27(43-33(37)35-19)18-23-14-16-26(42-23)25-17-21(34)13-15-24(25)32(40)41-2/h3-18,29H,1-2H3,(H,36,38)/b27-18+/t29-/m1/s1. The molecule has 1 aliphatic heterocycles. The Labute approximate surface area is 254 Å². The maximum atomic E-state index is 13.9. The number of rotatable bonds is 6. The van der Waals surface area contributed by atoms with Crippen LogP contribution in [-0.4, -0.2) is 23.6 Å². The van der Waals surface area contributed by atoms with E-state index in [1.165, 1.54) is 18.4 Å². The van der Waals surface area contributed by atoms with Crippen molar-refractivity contribution in [3.8, 4) is 11.3 Å². The molecule has 214 valence electrons. The number of hydrogen-bond donors (Lipinski definition) is 1. The zero-order valence-electron chi connectivity index (χ0n) is 23.0. The molecule has 8 nitrogen and oxygen atoms in total. The van der Waals surface area contributed by atoms with E-state index in [1.54, 1.807) is 60.0 Å². The molecule has 1 amide bonds. The highest BCUT2D eigenvalue weighted by Crippen LogP contribution is 2.31. The first-order valence-corrected chi connectivity index (χ1v) is 14.5. The summed E-state index contributed by atoms with van der Waals surface area (Å²) in [6.45, 7) is 1.77. The highest BCUT2D eigenvalue weighted by molar-refractivity contribution is 7.07. The Morgan fingerprint density at radius 3 is 2.47 bits per heavy atom. The zero-order chi connectivity index (χ0) is 30.1. The Bertz CT molecular complexity index is 2080. The van der Waals surface area contributed by atoms with Crippen LogP contribution in [0, 0.1) is 0 Å². The summed E-state index contributed by atoms with van der Waals surface area (Å²) in [5, 5.41) is 3.37. The zero-order valence-corrected chi connectivity index (χ0v) is 24.6.